The van der Waals surface area contributed by atoms with Gasteiger partial charge >= 0.3 is 0 Å². The van der Waals surface area contributed by atoms with E-state index in [4.69, 9.17) is 4.74 Å². The van der Waals surface area contributed by atoms with E-state index in [1.54, 1.807) is 28.9 Å². The molecule has 174 valence electrons. The number of aromatic nitrogens is 6. The third-order valence-electron chi connectivity index (χ3n) is 5.03. The highest BCUT2D eigenvalue weighted by Gasteiger charge is 2.14. The van der Waals surface area contributed by atoms with Crippen molar-refractivity contribution in [2.24, 2.45) is 0 Å². The highest BCUT2D eigenvalue weighted by Crippen LogP contribution is 2.31. The lowest BCUT2D eigenvalue weighted by molar-refractivity contribution is -0.114. The summed E-state index contributed by atoms with van der Waals surface area (Å²) >= 11 is 0. The van der Waals surface area contributed by atoms with Gasteiger partial charge in [-0.15, -0.1) is 10.2 Å². The maximum absolute atomic E-state index is 14.4. The molecule has 10 nitrogen and oxygen atoms in total. The van der Waals surface area contributed by atoms with Gasteiger partial charge in [-0.05, 0) is 36.8 Å². The Morgan fingerprint density at radius 2 is 1.97 bits per heavy atom. The summed E-state index contributed by atoms with van der Waals surface area (Å²) in [7, 11) is 0. The van der Waals surface area contributed by atoms with E-state index in [0.717, 1.165) is 11.6 Å². The Morgan fingerprint density at radius 1 is 1.11 bits per heavy atom. The van der Waals surface area contributed by atoms with Crippen LogP contribution in [0.25, 0.3) is 16.6 Å². The molecule has 0 atom stereocenters. The largest absolute Gasteiger partial charge is 0.439 e. The molecule has 35 heavy (non-hydrogen) atoms. The first-order valence-electron chi connectivity index (χ1n) is 10.2. The highest BCUT2D eigenvalue weighted by atomic mass is 19.1. The molecule has 0 saturated heterocycles. The number of nitrogens with zero attached hydrogens (tertiary/aromatic N) is 6. The second-order valence-corrected chi connectivity index (χ2v) is 7.46. The zero-order valence-corrected chi connectivity index (χ0v) is 18.2. The number of halogens is 2. The summed E-state index contributed by atoms with van der Waals surface area (Å²) in [4.78, 5) is 24.1. The Hall–Kier alpha value is -5.00. The molecule has 1 amide bonds. The molecule has 12 heteroatoms. The fourth-order valence-corrected chi connectivity index (χ4v) is 3.32. The molecule has 0 radical (unpaired) electrons. The summed E-state index contributed by atoms with van der Waals surface area (Å²) in [6, 6.07) is 9.47. The van der Waals surface area contributed by atoms with Gasteiger partial charge in [-0.1, -0.05) is 6.58 Å². The second-order valence-electron chi connectivity index (χ2n) is 7.46. The predicted molar refractivity (Wildman–Crippen MR) is 124 cm³/mol. The van der Waals surface area contributed by atoms with Gasteiger partial charge in [0, 0.05) is 23.2 Å². The topological polar surface area (TPSA) is 119 Å². The van der Waals surface area contributed by atoms with E-state index in [0.29, 0.717) is 39.7 Å². The van der Waals surface area contributed by atoms with Crippen LogP contribution in [0.3, 0.4) is 0 Å². The first kappa shape index (κ1) is 21.8. The summed E-state index contributed by atoms with van der Waals surface area (Å²) in [6.45, 7) is 4.77. The lowest BCUT2D eigenvalue weighted by Crippen LogP contribution is -2.12. The number of rotatable bonds is 6. The van der Waals surface area contributed by atoms with Gasteiger partial charge in [0.05, 0.1) is 11.2 Å². The van der Waals surface area contributed by atoms with Crippen LogP contribution >= 0.6 is 0 Å². The first-order chi connectivity index (χ1) is 16.9. The smallest absolute Gasteiger partial charge is 0.283 e. The van der Waals surface area contributed by atoms with E-state index in [1.807, 2.05) is 13.0 Å². The number of carbonyl (C=O) groups is 1. The second kappa shape index (κ2) is 8.74. The van der Waals surface area contributed by atoms with Crippen LogP contribution in [-0.2, 0) is 4.79 Å². The van der Waals surface area contributed by atoms with Crippen LogP contribution in [0.15, 0.2) is 67.8 Å². The van der Waals surface area contributed by atoms with Crippen LogP contribution in [0, 0.1) is 12.7 Å². The Morgan fingerprint density at radius 3 is 2.77 bits per heavy atom. The molecule has 0 aliphatic heterocycles. The molecule has 0 spiro atoms. The maximum atomic E-state index is 14.4. The number of hydrogen-bond acceptors (Lipinski definition) is 8. The fraction of sp³-hybridized carbons (Fsp3) is 0.0435. The minimum Gasteiger partial charge on any atom is -0.439 e. The molecule has 0 aliphatic carbocycles. The van der Waals surface area contributed by atoms with Gasteiger partial charge in [0.25, 0.3) is 5.91 Å². The monoisotopic (exact) mass is 474 g/mol. The molecule has 3 heterocycles. The highest BCUT2D eigenvalue weighted by molar-refractivity contribution is 6.03. The molecule has 3 aromatic heterocycles. The van der Waals surface area contributed by atoms with Gasteiger partial charge in [-0.3, -0.25) is 9.20 Å². The summed E-state index contributed by atoms with van der Waals surface area (Å²) in [5, 5.41) is 13.5. The summed E-state index contributed by atoms with van der Waals surface area (Å²) in [5.74, 6) is -1.84. The molecular weight excluding hydrogens is 458 g/mol. The van der Waals surface area contributed by atoms with E-state index in [9.17, 15) is 13.6 Å². The number of aryl methyl sites for hydroxylation is 1. The van der Waals surface area contributed by atoms with Crippen LogP contribution in [0.5, 0.6) is 11.6 Å². The number of nitrogens with one attached hydrogen (secondary N) is 2. The molecule has 5 aromatic rings. The maximum Gasteiger partial charge on any atom is 0.283 e. The third kappa shape index (κ3) is 4.44. The number of anilines is 3. The average molecular weight is 474 g/mol. The van der Waals surface area contributed by atoms with Crippen molar-refractivity contribution < 1.29 is 18.3 Å². The van der Waals surface area contributed by atoms with Crippen molar-refractivity contribution >= 4 is 39.6 Å². The predicted octanol–water partition coefficient (Wildman–Crippen LogP) is 4.47. The van der Waals surface area contributed by atoms with Crippen LogP contribution in [0.4, 0.5) is 26.0 Å². The molecule has 0 saturated carbocycles. The zero-order chi connectivity index (χ0) is 24.5. The van der Waals surface area contributed by atoms with Crippen molar-refractivity contribution in [2.45, 2.75) is 6.92 Å². The summed E-state index contributed by atoms with van der Waals surface area (Å²) < 4.78 is 35.0. The van der Waals surface area contributed by atoms with Crippen molar-refractivity contribution in [3.05, 3.63) is 79.2 Å². The molecule has 0 unspecified atom stereocenters. The molecular formula is C23H16F2N8O2. The normalized spacial score (nSPS) is 10.9. The number of fused-ring (bicyclic) bond motifs is 2. The average Bonchev–Trinajstić information content (AvgIpc) is 3.29. The fourth-order valence-electron chi connectivity index (χ4n) is 3.32. The number of carbonyl (C=O) groups excluding carboxylic acids is 1. The van der Waals surface area contributed by atoms with Gasteiger partial charge in [-0.25, -0.2) is 23.7 Å². The Bertz CT molecular complexity index is 1620. The summed E-state index contributed by atoms with van der Waals surface area (Å²) in [6.07, 6.45) is 4.37. The van der Waals surface area contributed by atoms with Gasteiger partial charge in [-0.2, -0.15) is 0 Å². The summed E-state index contributed by atoms with van der Waals surface area (Å²) in [5.41, 5.74) is 2.14. The zero-order valence-electron chi connectivity index (χ0n) is 18.2. The van der Waals surface area contributed by atoms with E-state index >= 15 is 0 Å². The SMILES string of the molecule is C=C(F)C(=O)Nc1cc2c(Nc3ccc(Oc4cc5nncn5cn4)c(C)c3)ncnc2cc1F. The molecule has 0 fully saturated rings. The van der Waals surface area contributed by atoms with Gasteiger partial charge in [0.1, 0.15) is 36.4 Å². The van der Waals surface area contributed by atoms with E-state index in [-0.39, 0.29) is 5.69 Å². The number of amides is 1. The van der Waals surface area contributed by atoms with E-state index in [1.165, 1.54) is 18.7 Å². The van der Waals surface area contributed by atoms with E-state index in [2.05, 4.69) is 42.4 Å². The number of benzene rings is 2. The first-order valence-corrected chi connectivity index (χ1v) is 10.2. The van der Waals surface area contributed by atoms with Crippen LogP contribution in [0.2, 0.25) is 0 Å². The van der Waals surface area contributed by atoms with Gasteiger partial charge in [0.2, 0.25) is 5.88 Å². The van der Waals surface area contributed by atoms with Gasteiger partial charge < -0.3 is 15.4 Å². The van der Waals surface area contributed by atoms with Crippen molar-refractivity contribution in [3.8, 4) is 11.6 Å². The van der Waals surface area contributed by atoms with Crippen LogP contribution < -0.4 is 15.4 Å². The van der Waals surface area contributed by atoms with Crippen LogP contribution in [-0.4, -0.2) is 35.5 Å². The quantitative estimate of drug-likeness (QED) is 0.346. The Labute approximate surface area is 196 Å². The molecule has 2 N–H and O–H groups in total. The van der Waals surface area contributed by atoms with E-state index < -0.39 is 17.6 Å². The lowest BCUT2D eigenvalue weighted by Gasteiger charge is -2.13. The molecule has 2 aromatic carbocycles. The van der Waals surface area contributed by atoms with Crippen LogP contribution in [0.1, 0.15) is 5.56 Å². The Balaban J connectivity index is 1.41. The number of hydrogen-bond donors (Lipinski definition) is 2. The lowest BCUT2D eigenvalue weighted by atomic mass is 10.1. The van der Waals surface area contributed by atoms with Gasteiger partial charge in [0.15, 0.2) is 11.5 Å². The minimum atomic E-state index is -1.23. The minimum absolute atomic E-state index is 0.226. The third-order valence-corrected chi connectivity index (χ3v) is 5.03. The van der Waals surface area contributed by atoms with Crippen molar-refractivity contribution in [1.29, 1.82) is 0 Å². The van der Waals surface area contributed by atoms with Crippen molar-refractivity contribution in [1.82, 2.24) is 29.5 Å². The van der Waals surface area contributed by atoms with Crippen molar-refractivity contribution in [2.75, 3.05) is 10.6 Å². The van der Waals surface area contributed by atoms with Crippen molar-refractivity contribution in [3.63, 3.8) is 0 Å². The number of ether oxygens (including phenoxy) is 1. The molecule has 5 rings (SSSR count). The molecule has 0 aliphatic rings. The molecule has 0 bridgehead atoms. The standard InChI is InChI=1S/C23H16F2N8O2/c1-12-5-14(3-4-19(12)35-21-8-20-32-29-11-33(20)10-28-21)30-22-15-6-18(31-23(34)13(2)24)16(25)7-17(15)26-9-27-22/h3-11H,2H2,1H3,(H,31,34)(H,26,27,30). The Kier molecular flexibility index (Phi) is 5.45.